The first-order chi connectivity index (χ1) is 15.3. The zero-order valence-electron chi connectivity index (χ0n) is 18.2. The molecule has 0 spiro atoms. The second kappa shape index (κ2) is 10.7. The lowest BCUT2D eigenvalue weighted by Gasteiger charge is -2.25. The predicted molar refractivity (Wildman–Crippen MR) is 119 cm³/mol. The third-order valence-corrected chi connectivity index (χ3v) is 5.42. The van der Waals surface area contributed by atoms with Crippen LogP contribution < -0.4 is 10.1 Å². The summed E-state index contributed by atoms with van der Waals surface area (Å²) in [4.78, 5) is 37.2. The quantitative estimate of drug-likeness (QED) is 0.472. The third kappa shape index (κ3) is 6.27. The van der Waals surface area contributed by atoms with Gasteiger partial charge >= 0.3 is 0 Å². The number of carbonyl (C=O) groups excluding carboxylic acids is 2. The van der Waals surface area contributed by atoms with E-state index in [4.69, 9.17) is 9.47 Å². The van der Waals surface area contributed by atoms with Crippen LogP contribution >= 0.6 is 0 Å². The number of nitro benzene ring substituents is 1. The number of non-ortho nitro benzene ring substituents is 1. The Morgan fingerprint density at radius 1 is 1.22 bits per heavy atom. The molecular weight excluding hydrogens is 414 g/mol. The molecule has 1 unspecified atom stereocenters. The lowest BCUT2D eigenvalue weighted by Crippen LogP contribution is -2.44. The maximum atomic E-state index is 12.8. The molecule has 1 N–H and O–H groups in total. The first kappa shape index (κ1) is 23.2. The maximum absolute atomic E-state index is 12.8. The first-order valence-electron chi connectivity index (χ1n) is 10.5. The molecule has 2 aromatic carbocycles. The number of nitro groups is 1. The van der Waals surface area contributed by atoms with Crippen LogP contribution in [0.15, 0.2) is 42.5 Å². The van der Waals surface area contributed by atoms with Gasteiger partial charge in [-0.3, -0.25) is 19.7 Å². The Labute approximate surface area is 186 Å². The van der Waals surface area contributed by atoms with E-state index in [1.54, 1.807) is 0 Å². The van der Waals surface area contributed by atoms with Gasteiger partial charge in [-0.2, -0.15) is 0 Å². The first-order valence-corrected chi connectivity index (χ1v) is 10.5. The summed E-state index contributed by atoms with van der Waals surface area (Å²) in [5.41, 5.74) is 2.68. The summed E-state index contributed by atoms with van der Waals surface area (Å²) in [6.07, 6.45) is 1.62. The average molecular weight is 441 g/mol. The van der Waals surface area contributed by atoms with Gasteiger partial charge in [-0.15, -0.1) is 0 Å². The van der Waals surface area contributed by atoms with Gasteiger partial charge in [0.1, 0.15) is 12.3 Å². The molecular formula is C23H27N3O6. The molecule has 1 aliphatic heterocycles. The molecule has 1 heterocycles. The standard InChI is InChI=1S/C23H27N3O6/c1-16-5-3-7-21(17(16)2)24-22(27)14-25(13-20-6-4-12-31-20)23(28)15-32-19-10-8-18(9-11-19)26(29)30/h3,5,7-11,20H,4,6,12-15H2,1-2H3,(H,24,27). The Morgan fingerprint density at radius 3 is 2.62 bits per heavy atom. The lowest BCUT2D eigenvalue weighted by molar-refractivity contribution is -0.384. The molecule has 0 aromatic heterocycles. The van der Waals surface area contributed by atoms with Crippen LogP contribution in [0, 0.1) is 24.0 Å². The zero-order chi connectivity index (χ0) is 23.1. The van der Waals surface area contributed by atoms with Crippen molar-refractivity contribution >= 4 is 23.2 Å². The molecule has 0 saturated carbocycles. The van der Waals surface area contributed by atoms with Crippen molar-refractivity contribution < 1.29 is 24.0 Å². The monoisotopic (exact) mass is 441 g/mol. The zero-order valence-corrected chi connectivity index (χ0v) is 18.2. The van der Waals surface area contributed by atoms with Crippen LogP contribution in [0.1, 0.15) is 24.0 Å². The Kier molecular flexibility index (Phi) is 7.77. The van der Waals surface area contributed by atoms with Crippen molar-refractivity contribution in [2.24, 2.45) is 0 Å². The summed E-state index contributed by atoms with van der Waals surface area (Å²) < 4.78 is 11.1. The van der Waals surface area contributed by atoms with Crippen LogP contribution in [0.5, 0.6) is 5.75 Å². The molecule has 32 heavy (non-hydrogen) atoms. The van der Waals surface area contributed by atoms with E-state index in [1.807, 2.05) is 32.0 Å². The van der Waals surface area contributed by atoms with Crippen LogP contribution in [0.2, 0.25) is 0 Å². The van der Waals surface area contributed by atoms with Gasteiger partial charge < -0.3 is 19.7 Å². The summed E-state index contributed by atoms with van der Waals surface area (Å²) in [5.74, 6) is -0.337. The van der Waals surface area contributed by atoms with E-state index >= 15 is 0 Å². The van der Waals surface area contributed by atoms with Gasteiger partial charge in [-0.05, 0) is 56.0 Å². The van der Waals surface area contributed by atoms with Gasteiger partial charge in [-0.1, -0.05) is 12.1 Å². The van der Waals surface area contributed by atoms with Crippen molar-refractivity contribution in [2.75, 3.05) is 31.6 Å². The maximum Gasteiger partial charge on any atom is 0.269 e. The van der Waals surface area contributed by atoms with Gasteiger partial charge in [0.25, 0.3) is 11.6 Å². The largest absolute Gasteiger partial charge is 0.484 e. The van der Waals surface area contributed by atoms with E-state index in [9.17, 15) is 19.7 Å². The Hall–Kier alpha value is -3.46. The van der Waals surface area contributed by atoms with Gasteiger partial charge in [0.05, 0.1) is 11.0 Å². The van der Waals surface area contributed by atoms with E-state index in [-0.39, 0.29) is 36.8 Å². The van der Waals surface area contributed by atoms with Crippen molar-refractivity contribution in [2.45, 2.75) is 32.8 Å². The Bertz CT molecular complexity index is 970. The van der Waals surface area contributed by atoms with E-state index in [1.165, 1.54) is 29.2 Å². The second-order valence-electron chi connectivity index (χ2n) is 7.74. The van der Waals surface area contributed by atoms with Gasteiger partial charge in [0, 0.05) is 31.0 Å². The van der Waals surface area contributed by atoms with E-state index in [0.717, 1.165) is 24.0 Å². The van der Waals surface area contributed by atoms with E-state index in [0.29, 0.717) is 24.6 Å². The number of rotatable bonds is 9. The molecule has 2 aromatic rings. The minimum Gasteiger partial charge on any atom is -0.484 e. The highest BCUT2D eigenvalue weighted by Crippen LogP contribution is 2.19. The number of anilines is 1. The SMILES string of the molecule is Cc1cccc(NC(=O)CN(CC2CCCO2)C(=O)COc2ccc([N+](=O)[O-])cc2)c1C. The highest BCUT2D eigenvalue weighted by Gasteiger charge is 2.25. The predicted octanol–water partition coefficient (Wildman–Crippen LogP) is 3.24. The van der Waals surface area contributed by atoms with E-state index in [2.05, 4.69) is 5.32 Å². The van der Waals surface area contributed by atoms with Crippen LogP contribution in [0.3, 0.4) is 0 Å². The number of amides is 2. The molecule has 1 fully saturated rings. The third-order valence-electron chi connectivity index (χ3n) is 5.42. The van der Waals surface area contributed by atoms with E-state index < -0.39 is 4.92 Å². The Balaban J connectivity index is 1.63. The summed E-state index contributed by atoms with van der Waals surface area (Å²) in [5, 5.41) is 13.6. The number of ether oxygens (including phenoxy) is 2. The number of carbonyl (C=O) groups is 2. The van der Waals surface area contributed by atoms with Gasteiger partial charge in [0.15, 0.2) is 6.61 Å². The number of benzene rings is 2. The fourth-order valence-electron chi connectivity index (χ4n) is 3.44. The average Bonchev–Trinajstić information content (AvgIpc) is 3.28. The number of hydrogen-bond acceptors (Lipinski definition) is 6. The summed E-state index contributed by atoms with van der Waals surface area (Å²) in [7, 11) is 0. The van der Waals surface area contributed by atoms with Crippen molar-refractivity contribution in [3.05, 3.63) is 63.7 Å². The molecule has 170 valence electrons. The number of nitrogens with zero attached hydrogens (tertiary/aromatic N) is 2. The van der Waals surface area contributed by atoms with Crippen molar-refractivity contribution in [3.63, 3.8) is 0 Å². The lowest BCUT2D eigenvalue weighted by atomic mass is 10.1. The molecule has 0 bridgehead atoms. The molecule has 1 saturated heterocycles. The van der Waals surface area contributed by atoms with Crippen LogP contribution in [0.4, 0.5) is 11.4 Å². The van der Waals surface area contributed by atoms with Crippen LogP contribution in [0.25, 0.3) is 0 Å². The summed E-state index contributed by atoms with van der Waals surface area (Å²) in [6, 6.07) is 11.1. The molecule has 0 radical (unpaired) electrons. The normalized spacial score (nSPS) is 15.2. The minimum atomic E-state index is -0.507. The molecule has 0 aliphatic carbocycles. The summed E-state index contributed by atoms with van der Waals surface area (Å²) in [6.45, 7) is 4.41. The highest BCUT2D eigenvalue weighted by molar-refractivity contribution is 5.95. The molecule has 9 nitrogen and oxygen atoms in total. The molecule has 2 amide bonds. The second-order valence-corrected chi connectivity index (χ2v) is 7.74. The van der Waals surface area contributed by atoms with Crippen LogP contribution in [-0.4, -0.2) is 54.0 Å². The topological polar surface area (TPSA) is 111 Å². The fourth-order valence-corrected chi connectivity index (χ4v) is 3.44. The highest BCUT2D eigenvalue weighted by atomic mass is 16.6. The van der Waals surface area contributed by atoms with Gasteiger partial charge in [-0.25, -0.2) is 0 Å². The van der Waals surface area contributed by atoms with Crippen molar-refractivity contribution in [1.82, 2.24) is 4.90 Å². The number of aryl methyl sites for hydroxylation is 1. The molecule has 9 heteroatoms. The Morgan fingerprint density at radius 2 is 1.97 bits per heavy atom. The smallest absolute Gasteiger partial charge is 0.269 e. The number of hydrogen-bond donors (Lipinski definition) is 1. The molecule has 3 rings (SSSR count). The molecule has 1 atom stereocenters. The number of nitrogens with one attached hydrogen (secondary N) is 1. The van der Waals surface area contributed by atoms with Crippen molar-refractivity contribution in [3.8, 4) is 5.75 Å². The minimum absolute atomic E-state index is 0.0631. The molecule has 1 aliphatic rings. The van der Waals surface area contributed by atoms with Crippen LogP contribution in [-0.2, 0) is 14.3 Å². The summed E-state index contributed by atoms with van der Waals surface area (Å²) >= 11 is 0. The fraction of sp³-hybridized carbons (Fsp3) is 0.391. The van der Waals surface area contributed by atoms with Crippen molar-refractivity contribution in [1.29, 1.82) is 0 Å². The van der Waals surface area contributed by atoms with Gasteiger partial charge in [0.2, 0.25) is 5.91 Å².